The first-order valence-corrected chi connectivity index (χ1v) is 8.59. The first kappa shape index (κ1) is 14.9. The summed E-state index contributed by atoms with van der Waals surface area (Å²) in [5, 5.41) is 4.60. The van der Waals surface area contributed by atoms with Crippen LogP contribution >= 0.6 is 11.3 Å². The van der Waals surface area contributed by atoms with Gasteiger partial charge in [-0.05, 0) is 30.0 Å². The summed E-state index contributed by atoms with van der Waals surface area (Å²) in [7, 11) is 0. The number of hydrogen-bond acceptors (Lipinski definition) is 4. The van der Waals surface area contributed by atoms with Gasteiger partial charge in [0, 0.05) is 32.2 Å². The first-order valence-electron chi connectivity index (χ1n) is 7.77. The molecule has 2 aromatic rings. The van der Waals surface area contributed by atoms with Crippen LogP contribution in [-0.2, 0) is 0 Å². The molecule has 21 heavy (non-hydrogen) atoms. The van der Waals surface area contributed by atoms with Crippen molar-refractivity contribution in [3.63, 3.8) is 0 Å². The van der Waals surface area contributed by atoms with Crippen LogP contribution in [0.2, 0.25) is 0 Å². The second-order valence-corrected chi connectivity index (χ2v) is 8.25. The average molecular weight is 303 g/mol. The van der Waals surface area contributed by atoms with Crippen molar-refractivity contribution in [2.45, 2.75) is 33.7 Å². The minimum absolute atomic E-state index is 0.218. The van der Waals surface area contributed by atoms with E-state index in [1.54, 1.807) is 11.3 Å². The van der Waals surface area contributed by atoms with Crippen molar-refractivity contribution in [3.8, 4) is 0 Å². The van der Waals surface area contributed by atoms with E-state index in [4.69, 9.17) is 0 Å². The normalized spacial score (nSPS) is 19.0. The zero-order chi connectivity index (χ0) is 15.0. The number of nitrogens with one attached hydrogen (secondary N) is 1. The molecule has 0 amide bonds. The average Bonchev–Trinajstić information content (AvgIpc) is 2.78. The minimum atomic E-state index is 0.218. The lowest BCUT2D eigenvalue weighted by Crippen LogP contribution is -2.48. The molecule has 1 unspecified atom stereocenters. The zero-order valence-corrected chi connectivity index (χ0v) is 14.3. The summed E-state index contributed by atoms with van der Waals surface area (Å²) in [6.45, 7) is 13.5. The molecule has 1 aromatic heterocycles. The van der Waals surface area contributed by atoms with E-state index in [-0.39, 0.29) is 5.41 Å². The lowest BCUT2D eigenvalue weighted by Gasteiger charge is -2.42. The number of aryl methyl sites for hydroxylation is 1. The van der Waals surface area contributed by atoms with Crippen LogP contribution in [-0.4, -0.2) is 36.1 Å². The van der Waals surface area contributed by atoms with Gasteiger partial charge in [-0.25, -0.2) is 4.98 Å². The van der Waals surface area contributed by atoms with Crippen LogP contribution in [0.25, 0.3) is 10.2 Å². The van der Waals surface area contributed by atoms with Crippen molar-refractivity contribution in [3.05, 3.63) is 28.8 Å². The number of piperazine rings is 1. The van der Waals surface area contributed by atoms with Crippen LogP contribution < -0.4 is 5.32 Å². The molecule has 3 nitrogen and oxygen atoms in total. The van der Waals surface area contributed by atoms with E-state index in [0.29, 0.717) is 6.04 Å². The van der Waals surface area contributed by atoms with Crippen molar-refractivity contribution in [1.82, 2.24) is 15.2 Å². The summed E-state index contributed by atoms with van der Waals surface area (Å²) in [6, 6.07) is 7.30. The van der Waals surface area contributed by atoms with Crippen molar-refractivity contribution >= 4 is 21.6 Å². The van der Waals surface area contributed by atoms with Gasteiger partial charge in [-0.2, -0.15) is 0 Å². The molecule has 3 rings (SSSR count). The molecule has 1 atom stereocenters. The molecular formula is C17H25N3S. The zero-order valence-electron chi connectivity index (χ0n) is 13.4. The highest BCUT2D eigenvalue weighted by molar-refractivity contribution is 7.18. The van der Waals surface area contributed by atoms with Crippen LogP contribution in [0, 0.1) is 12.3 Å². The van der Waals surface area contributed by atoms with Gasteiger partial charge in [0.05, 0.1) is 15.2 Å². The Morgan fingerprint density at radius 2 is 1.95 bits per heavy atom. The highest BCUT2D eigenvalue weighted by Gasteiger charge is 2.32. The van der Waals surface area contributed by atoms with Crippen LogP contribution in [0.3, 0.4) is 0 Å². The smallest absolute Gasteiger partial charge is 0.0907 e. The fraction of sp³-hybridized carbons (Fsp3) is 0.588. The molecule has 1 fully saturated rings. The van der Waals surface area contributed by atoms with Crippen molar-refractivity contribution in [2.24, 2.45) is 5.41 Å². The molecule has 0 bridgehead atoms. The maximum absolute atomic E-state index is 4.67. The molecule has 4 heteroatoms. The number of fused-ring (bicyclic) bond motifs is 1. The molecule has 0 saturated carbocycles. The quantitative estimate of drug-likeness (QED) is 0.919. The van der Waals surface area contributed by atoms with E-state index in [0.717, 1.165) is 36.7 Å². The minimum Gasteiger partial charge on any atom is -0.314 e. The van der Waals surface area contributed by atoms with E-state index >= 15 is 0 Å². The molecule has 1 N–H and O–H groups in total. The third-order valence-electron chi connectivity index (χ3n) is 4.17. The van der Waals surface area contributed by atoms with Gasteiger partial charge in [-0.3, -0.25) is 4.90 Å². The molecule has 114 valence electrons. The molecule has 0 radical (unpaired) electrons. The van der Waals surface area contributed by atoms with Crippen LogP contribution in [0.15, 0.2) is 18.2 Å². The number of benzene rings is 1. The van der Waals surface area contributed by atoms with Gasteiger partial charge in [-0.1, -0.05) is 26.8 Å². The lowest BCUT2D eigenvalue weighted by molar-refractivity contribution is 0.0863. The van der Waals surface area contributed by atoms with Crippen molar-refractivity contribution < 1.29 is 0 Å². The molecular weight excluding hydrogens is 278 g/mol. The molecule has 1 aliphatic heterocycles. The summed E-state index contributed by atoms with van der Waals surface area (Å²) >= 11 is 1.78. The molecule has 0 aliphatic carbocycles. The second kappa shape index (κ2) is 5.67. The Hall–Kier alpha value is -0.970. The molecule has 1 saturated heterocycles. The summed E-state index contributed by atoms with van der Waals surface area (Å²) in [5.41, 5.74) is 2.78. The van der Waals surface area contributed by atoms with Gasteiger partial charge in [0.25, 0.3) is 0 Å². The highest BCUT2D eigenvalue weighted by Crippen LogP contribution is 2.39. The lowest BCUT2D eigenvalue weighted by atomic mass is 9.81. The summed E-state index contributed by atoms with van der Waals surface area (Å²) in [6.07, 6.45) is 0. The molecule has 1 aromatic carbocycles. The standard InChI is InChI=1S/C17H25N3S/c1-12-19-14-11-13(5-6-15(14)21-12)16(17(2,3)4)20-9-7-18-8-10-20/h5-6,11,16,18H,7-10H2,1-4H3. The third kappa shape index (κ3) is 3.12. The Morgan fingerprint density at radius 1 is 1.24 bits per heavy atom. The van der Waals surface area contributed by atoms with Gasteiger partial charge >= 0.3 is 0 Å². The maximum atomic E-state index is 4.67. The largest absolute Gasteiger partial charge is 0.314 e. The highest BCUT2D eigenvalue weighted by atomic mass is 32.1. The van der Waals surface area contributed by atoms with Gasteiger partial charge in [0.2, 0.25) is 0 Å². The summed E-state index contributed by atoms with van der Waals surface area (Å²) in [4.78, 5) is 7.29. The Kier molecular flexibility index (Phi) is 4.04. The Bertz CT molecular complexity index is 620. The monoisotopic (exact) mass is 303 g/mol. The Labute approximate surface area is 131 Å². The number of aromatic nitrogens is 1. The number of hydrogen-bond donors (Lipinski definition) is 1. The summed E-state index contributed by atoms with van der Waals surface area (Å²) in [5.74, 6) is 0. The molecule has 2 heterocycles. The van der Waals surface area contributed by atoms with Gasteiger partial charge in [-0.15, -0.1) is 11.3 Å². The first-order chi connectivity index (χ1) is 9.95. The van der Waals surface area contributed by atoms with Crippen molar-refractivity contribution in [1.29, 1.82) is 0 Å². The van der Waals surface area contributed by atoms with Gasteiger partial charge in [0.15, 0.2) is 0 Å². The maximum Gasteiger partial charge on any atom is 0.0907 e. The number of rotatable bonds is 2. The van der Waals surface area contributed by atoms with E-state index in [9.17, 15) is 0 Å². The molecule has 0 spiro atoms. The fourth-order valence-electron chi connectivity index (χ4n) is 3.43. The predicted octanol–water partition coefficient (Wildman–Crippen LogP) is 3.60. The predicted molar refractivity (Wildman–Crippen MR) is 91.0 cm³/mol. The number of thiazole rings is 1. The fourth-order valence-corrected chi connectivity index (χ4v) is 4.24. The van der Waals surface area contributed by atoms with Gasteiger partial charge in [0.1, 0.15) is 0 Å². The molecule has 1 aliphatic rings. The Morgan fingerprint density at radius 3 is 2.62 bits per heavy atom. The summed E-state index contributed by atoms with van der Waals surface area (Å²) < 4.78 is 1.30. The van der Waals surface area contributed by atoms with Crippen LogP contribution in [0.1, 0.15) is 37.4 Å². The number of nitrogens with zero attached hydrogens (tertiary/aromatic N) is 2. The SMILES string of the molecule is Cc1nc2cc(C(N3CCNCC3)C(C)(C)C)ccc2s1. The van der Waals surface area contributed by atoms with E-state index in [2.05, 4.69) is 61.1 Å². The topological polar surface area (TPSA) is 28.2 Å². The third-order valence-corrected chi connectivity index (χ3v) is 5.12. The Balaban J connectivity index is 2.00. The van der Waals surface area contributed by atoms with Crippen LogP contribution in [0.5, 0.6) is 0 Å². The second-order valence-electron chi connectivity index (χ2n) is 7.01. The van der Waals surface area contributed by atoms with E-state index < -0.39 is 0 Å². The van der Waals surface area contributed by atoms with E-state index in [1.165, 1.54) is 10.3 Å². The van der Waals surface area contributed by atoms with Gasteiger partial charge < -0.3 is 5.32 Å². The van der Waals surface area contributed by atoms with E-state index in [1.807, 2.05) is 0 Å². The van der Waals surface area contributed by atoms with Crippen LogP contribution in [0.4, 0.5) is 0 Å². The van der Waals surface area contributed by atoms with Crippen molar-refractivity contribution in [2.75, 3.05) is 26.2 Å².